The Morgan fingerprint density at radius 2 is 2.21 bits per heavy atom. The van der Waals surface area contributed by atoms with E-state index < -0.39 is 5.97 Å². The van der Waals surface area contributed by atoms with Gasteiger partial charge in [0, 0.05) is 24.7 Å². The molecule has 1 saturated heterocycles. The van der Waals surface area contributed by atoms with E-state index in [9.17, 15) is 4.79 Å². The first-order valence-corrected chi connectivity index (χ1v) is 6.09. The number of carboxylic acids is 1. The van der Waals surface area contributed by atoms with Crippen molar-refractivity contribution in [1.82, 2.24) is 4.98 Å². The molecular weight excluding hydrogens is 244 g/mol. The maximum absolute atomic E-state index is 10.9. The number of aromatic nitrogens is 1. The molecule has 98 valence electrons. The van der Waals surface area contributed by atoms with Crippen molar-refractivity contribution in [2.24, 2.45) is 5.92 Å². The normalized spacial score (nSPS) is 15.3. The summed E-state index contributed by atoms with van der Waals surface area (Å²) in [5, 5.41) is 11.0. The number of hydrogen-bond donors (Lipinski definition) is 1. The molecule has 1 aliphatic heterocycles. The summed E-state index contributed by atoms with van der Waals surface area (Å²) in [6, 6.07) is 7.76. The third-order valence-corrected chi connectivity index (χ3v) is 3.48. The van der Waals surface area contributed by atoms with Crippen LogP contribution in [0.4, 0.5) is 5.82 Å². The SMILES string of the molecule is COc1ccc2ccnc(N3CC(C(=O)O)C3)c2c1. The predicted octanol–water partition coefficient (Wildman–Crippen LogP) is 1.76. The number of hydrogen-bond acceptors (Lipinski definition) is 4. The maximum atomic E-state index is 10.9. The number of methoxy groups -OCH3 is 1. The minimum Gasteiger partial charge on any atom is -0.497 e. The molecule has 2 heterocycles. The second kappa shape index (κ2) is 4.42. The highest BCUT2D eigenvalue weighted by atomic mass is 16.5. The summed E-state index contributed by atoms with van der Waals surface area (Å²) in [4.78, 5) is 17.2. The Hall–Kier alpha value is -2.30. The largest absolute Gasteiger partial charge is 0.497 e. The Morgan fingerprint density at radius 3 is 2.89 bits per heavy atom. The van der Waals surface area contributed by atoms with Gasteiger partial charge in [-0.2, -0.15) is 0 Å². The molecule has 0 bridgehead atoms. The fourth-order valence-corrected chi connectivity index (χ4v) is 2.32. The summed E-state index contributed by atoms with van der Waals surface area (Å²) in [6.45, 7) is 1.03. The highest BCUT2D eigenvalue weighted by Crippen LogP contribution is 2.31. The monoisotopic (exact) mass is 258 g/mol. The quantitative estimate of drug-likeness (QED) is 0.909. The molecule has 2 aromatic rings. The Labute approximate surface area is 110 Å². The van der Waals surface area contributed by atoms with Gasteiger partial charge in [0.1, 0.15) is 11.6 Å². The number of anilines is 1. The van der Waals surface area contributed by atoms with Crippen LogP contribution in [0.25, 0.3) is 10.8 Å². The van der Waals surface area contributed by atoms with Crippen LogP contribution in [0, 0.1) is 5.92 Å². The van der Waals surface area contributed by atoms with Crippen LogP contribution in [-0.4, -0.2) is 36.3 Å². The number of aliphatic carboxylic acids is 1. The second-order valence-electron chi connectivity index (χ2n) is 4.66. The summed E-state index contributed by atoms with van der Waals surface area (Å²) in [6.07, 6.45) is 1.75. The van der Waals surface area contributed by atoms with Gasteiger partial charge < -0.3 is 14.7 Å². The zero-order valence-corrected chi connectivity index (χ0v) is 10.5. The second-order valence-corrected chi connectivity index (χ2v) is 4.66. The van der Waals surface area contributed by atoms with Gasteiger partial charge >= 0.3 is 5.97 Å². The molecule has 3 rings (SSSR count). The van der Waals surface area contributed by atoms with Gasteiger partial charge in [-0.1, -0.05) is 6.07 Å². The van der Waals surface area contributed by atoms with Crippen molar-refractivity contribution in [2.75, 3.05) is 25.1 Å². The van der Waals surface area contributed by atoms with Crippen molar-refractivity contribution < 1.29 is 14.6 Å². The molecule has 0 saturated carbocycles. The van der Waals surface area contributed by atoms with Gasteiger partial charge in [0.2, 0.25) is 0 Å². The lowest BCUT2D eigenvalue weighted by molar-refractivity contribution is -0.142. The number of fused-ring (bicyclic) bond motifs is 1. The van der Waals surface area contributed by atoms with Crippen molar-refractivity contribution in [2.45, 2.75) is 0 Å². The van der Waals surface area contributed by atoms with E-state index >= 15 is 0 Å². The van der Waals surface area contributed by atoms with Crippen LogP contribution in [-0.2, 0) is 4.79 Å². The fraction of sp³-hybridized carbons (Fsp3) is 0.286. The topological polar surface area (TPSA) is 62.7 Å². The molecule has 0 aliphatic carbocycles. The van der Waals surface area contributed by atoms with Gasteiger partial charge in [0.25, 0.3) is 0 Å². The molecule has 1 aromatic carbocycles. The summed E-state index contributed by atoms with van der Waals surface area (Å²) in [5.41, 5.74) is 0. The van der Waals surface area contributed by atoms with E-state index in [1.807, 2.05) is 29.2 Å². The van der Waals surface area contributed by atoms with Crippen LogP contribution in [0.3, 0.4) is 0 Å². The Kier molecular flexibility index (Phi) is 2.74. The molecular formula is C14H14N2O3. The Morgan fingerprint density at radius 1 is 1.42 bits per heavy atom. The first kappa shape index (κ1) is 11.8. The van der Waals surface area contributed by atoms with E-state index in [4.69, 9.17) is 9.84 Å². The first-order chi connectivity index (χ1) is 9.19. The number of nitrogens with zero attached hydrogens (tertiary/aromatic N) is 2. The standard InChI is InChI=1S/C14H14N2O3/c1-19-11-3-2-9-4-5-15-13(12(9)6-11)16-7-10(8-16)14(17)18/h2-6,10H,7-8H2,1H3,(H,17,18). The van der Waals surface area contributed by atoms with Crippen LogP contribution < -0.4 is 9.64 Å². The van der Waals surface area contributed by atoms with Gasteiger partial charge in [-0.15, -0.1) is 0 Å². The summed E-state index contributed by atoms with van der Waals surface area (Å²) >= 11 is 0. The number of ether oxygens (including phenoxy) is 1. The van der Waals surface area contributed by atoms with Gasteiger partial charge in [0.15, 0.2) is 0 Å². The molecule has 5 nitrogen and oxygen atoms in total. The van der Waals surface area contributed by atoms with E-state index in [0.29, 0.717) is 13.1 Å². The molecule has 1 aromatic heterocycles. The van der Waals surface area contributed by atoms with Crippen LogP contribution in [0.1, 0.15) is 0 Å². The molecule has 0 amide bonds. The van der Waals surface area contributed by atoms with Crippen LogP contribution in [0.15, 0.2) is 30.5 Å². The number of carboxylic acid groups (broad SMARTS) is 1. The zero-order chi connectivity index (χ0) is 13.4. The molecule has 5 heteroatoms. The summed E-state index contributed by atoms with van der Waals surface area (Å²) in [7, 11) is 1.63. The Balaban J connectivity index is 1.97. The molecule has 1 fully saturated rings. The van der Waals surface area contributed by atoms with E-state index in [-0.39, 0.29) is 5.92 Å². The van der Waals surface area contributed by atoms with E-state index in [2.05, 4.69) is 4.98 Å². The smallest absolute Gasteiger partial charge is 0.310 e. The van der Waals surface area contributed by atoms with Crippen molar-refractivity contribution in [3.05, 3.63) is 30.5 Å². The van der Waals surface area contributed by atoms with Crippen molar-refractivity contribution in [3.8, 4) is 5.75 Å². The van der Waals surface area contributed by atoms with Gasteiger partial charge in [-0.3, -0.25) is 4.79 Å². The fourth-order valence-electron chi connectivity index (χ4n) is 2.32. The van der Waals surface area contributed by atoms with E-state index in [1.165, 1.54) is 0 Å². The van der Waals surface area contributed by atoms with Crippen LogP contribution in [0.2, 0.25) is 0 Å². The molecule has 0 atom stereocenters. The van der Waals surface area contributed by atoms with Crippen LogP contribution in [0.5, 0.6) is 5.75 Å². The summed E-state index contributed by atoms with van der Waals surface area (Å²) in [5.74, 6) is 0.572. The molecule has 0 unspecified atom stereocenters. The average Bonchev–Trinajstić information content (AvgIpc) is 2.36. The number of benzene rings is 1. The molecule has 0 spiro atoms. The number of pyridine rings is 1. The van der Waals surface area contributed by atoms with Gasteiger partial charge in [0.05, 0.1) is 13.0 Å². The molecule has 1 aliphatic rings. The van der Waals surface area contributed by atoms with E-state index in [0.717, 1.165) is 22.3 Å². The van der Waals surface area contributed by atoms with Gasteiger partial charge in [-0.05, 0) is 23.6 Å². The average molecular weight is 258 g/mol. The van der Waals surface area contributed by atoms with Crippen molar-refractivity contribution in [1.29, 1.82) is 0 Å². The first-order valence-electron chi connectivity index (χ1n) is 6.09. The minimum atomic E-state index is -0.742. The zero-order valence-electron chi connectivity index (χ0n) is 10.5. The van der Waals surface area contributed by atoms with Crippen LogP contribution >= 0.6 is 0 Å². The lowest BCUT2D eigenvalue weighted by Crippen LogP contribution is -2.50. The van der Waals surface area contributed by atoms with Crippen molar-refractivity contribution >= 4 is 22.6 Å². The predicted molar refractivity (Wildman–Crippen MR) is 71.6 cm³/mol. The third kappa shape index (κ3) is 1.97. The minimum absolute atomic E-state index is 0.289. The van der Waals surface area contributed by atoms with Crippen molar-refractivity contribution in [3.63, 3.8) is 0 Å². The lowest BCUT2D eigenvalue weighted by atomic mass is 9.99. The third-order valence-electron chi connectivity index (χ3n) is 3.48. The molecule has 0 radical (unpaired) electrons. The molecule has 19 heavy (non-hydrogen) atoms. The highest BCUT2D eigenvalue weighted by molar-refractivity contribution is 5.94. The highest BCUT2D eigenvalue weighted by Gasteiger charge is 2.33. The maximum Gasteiger partial charge on any atom is 0.310 e. The lowest BCUT2D eigenvalue weighted by Gasteiger charge is -2.38. The summed E-state index contributed by atoms with van der Waals surface area (Å²) < 4.78 is 5.23. The Bertz CT molecular complexity index is 636. The molecule has 1 N–H and O–H groups in total. The number of rotatable bonds is 3. The number of carbonyl (C=O) groups is 1. The van der Waals surface area contributed by atoms with Gasteiger partial charge in [-0.25, -0.2) is 4.98 Å². The van der Waals surface area contributed by atoms with E-state index in [1.54, 1.807) is 13.3 Å².